The topological polar surface area (TPSA) is 63.3 Å². The Morgan fingerprint density at radius 1 is 1.40 bits per heavy atom. The van der Waals surface area contributed by atoms with Crippen LogP contribution in [0.1, 0.15) is 17.2 Å². The van der Waals surface area contributed by atoms with E-state index in [0.29, 0.717) is 13.1 Å². The molecule has 4 rings (SSSR count). The Bertz CT molecular complexity index is 865. The number of hydrogen-bond donors (Lipinski definition) is 1. The summed E-state index contributed by atoms with van der Waals surface area (Å²) in [6.07, 6.45) is 3.86. The van der Waals surface area contributed by atoms with E-state index >= 15 is 0 Å². The van der Waals surface area contributed by atoms with E-state index in [9.17, 15) is 4.79 Å². The van der Waals surface area contributed by atoms with Gasteiger partial charge >= 0.3 is 0 Å². The van der Waals surface area contributed by atoms with Gasteiger partial charge in [-0.25, -0.2) is 0 Å². The van der Waals surface area contributed by atoms with Crippen molar-refractivity contribution in [3.63, 3.8) is 0 Å². The maximum Gasteiger partial charge on any atom is 0.227 e. The minimum Gasteiger partial charge on any atom is -0.459 e. The number of amides is 1. The summed E-state index contributed by atoms with van der Waals surface area (Å²) in [6, 6.07) is 9.90. The molecule has 0 radical (unpaired) electrons. The third-order valence-electron chi connectivity index (χ3n) is 4.93. The highest BCUT2D eigenvalue weighted by atomic mass is 16.3. The molecule has 1 N–H and O–H groups in total. The standard InChI is InChI=1S/C19H22N4O2/c1-22(12-15-7-13-5-3-4-6-18(13)25-15)19(24)17-10-20-9-16(17)14-8-21-23(2)11-14/h3-8,11,16-17,20H,9-10,12H2,1-2H3/t16-,17+/m1/s1. The van der Waals surface area contributed by atoms with E-state index in [0.717, 1.165) is 28.8 Å². The quantitative estimate of drug-likeness (QED) is 0.791. The molecular weight excluding hydrogens is 316 g/mol. The summed E-state index contributed by atoms with van der Waals surface area (Å²) in [6.45, 7) is 1.98. The Morgan fingerprint density at radius 3 is 3.00 bits per heavy atom. The first-order valence-electron chi connectivity index (χ1n) is 8.53. The van der Waals surface area contributed by atoms with Crippen LogP contribution in [0.4, 0.5) is 0 Å². The Labute approximate surface area is 146 Å². The van der Waals surface area contributed by atoms with Gasteiger partial charge in [0.25, 0.3) is 0 Å². The predicted molar refractivity (Wildman–Crippen MR) is 95.0 cm³/mol. The van der Waals surface area contributed by atoms with Gasteiger partial charge in [-0.05, 0) is 17.7 Å². The maximum absolute atomic E-state index is 13.0. The molecule has 6 nitrogen and oxygen atoms in total. The highest BCUT2D eigenvalue weighted by Gasteiger charge is 2.36. The van der Waals surface area contributed by atoms with E-state index in [2.05, 4.69) is 10.4 Å². The maximum atomic E-state index is 13.0. The van der Waals surface area contributed by atoms with Crippen molar-refractivity contribution in [2.24, 2.45) is 13.0 Å². The van der Waals surface area contributed by atoms with Crippen molar-refractivity contribution in [3.8, 4) is 0 Å². The lowest BCUT2D eigenvalue weighted by Gasteiger charge is -2.23. The average Bonchev–Trinajstić information content (AvgIpc) is 3.31. The molecule has 1 fully saturated rings. The molecule has 1 aliphatic rings. The zero-order valence-electron chi connectivity index (χ0n) is 14.5. The van der Waals surface area contributed by atoms with Crippen LogP contribution in [-0.2, 0) is 18.4 Å². The third-order valence-corrected chi connectivity index (χ3v) is 4.93. The van der Waals surface area contributed by atoms with Crippen molar-refractivity contribution in [1.82, 2.24) is 20.0 Å². The Morgan fingerprint density at radius 2 is 2.24 bits per heavy atom. The van der Waals surface area contributed by atoms with Crippen LogP contribution in [0.3, 0.4) is 0 Å². The summed E-state index contributed by atoms with van der Waals surface area (Å²) in [4.78, 5) is 14.7. The van der Waals surface area contributed by atoms with E-state index in [1.807, 2.05) is 56.8 Å². The number of aryl methyl sites for hydroxylation is 1. The smallest absolute Gasteiger partial charge is 0.227 e. The lowest BCUT2D eigenvalue weighted by atomic mass is 9.90. The van der Waals surface area contributed by atoms with Crippen molar-refractivity contribution in [2.75, 3.05) is 20.1 Å². The van der Waals surface area contributed by atoms with Crippen LogP contribution in [-0.4, -0.2) is 40.7 Å². The molecule has 2 aromatic heterocycles. The summed E-state index contributed by atoms with van der Waals surface area (Å²) in [5, 5.41) is 8.65. The molecule has 25 heavy (non-hydrogen) atoms. The van der Waals surface area contributed by atoms with Gasteiger partial charge in [-0.3, -0.25) is 9.48 Å². The molecule has 3 heterocycles. The number of aromatic nitrogens is 2. The van der Waals surface area contributed by atoms with E-state index in [1.165, 1.54) is 0 Å². The first-order valence-corrected chi connectivity index (χ1v) is 8.53. The van der Waals surface area contributed by atoms with Gasteiger partial charge in [0, 0.05) is 44.7 Å². The fraction of sp³-hybridized carbons (Fsp3) is 0.368. The SMILES string of the molecule is CN(Cc1cc2ccccc2o1)C(=O)[C@H]1CNC[C@@H]1c1cnn(C)c1. The van der Waals surface area contributed by atoms with Gasteiger partial charge in [0.15, 0.2) is 0 Å². The molecule has 1 aromatic carbocycles. The molecule has 1 saturated heterocycles. The molecule has 0 saturated carbocycles. The molecule has 2 atom stereocenters. The van der Waals surface area contributed by atoms with Crippen molar-refractivity contribution >= 4 is 16.9 Å². The Hall–Kier alpha value is -2.60. The molecule has 0 aliphatic carbocycles. The highest BCUT2D eigenvalue weighted by molar-refractivity contribution is 5.81. The van der Waals surface area contributed by atoms with Gasteiger partial charge in [0.1, 0.15) is 11.3 Å². The van der Waals surface area contributed by atoms with Crippen LogP contribution in [0.25, 0.3) is 11.0 Å². The zero-order valence-corrected chi connectivity index (χ0v) is 14.5. The minimum atomic E-state index is -0.0708. The van der Waals surface area contributed by atoms with Crippen LogP contribution in [0, 0.1) is 5.92 Å². The lowest BCUT2D eigenvalue weighted by molar-refractivity contribution is -0.134. The number of fused-ring (bicyclic) bond motifs is 1. The normalized spacial score (nSPS) is 20.2. The molecule has 0 spiro atoms. The number of para-hydroxylation sites is 1. The van der Waals surface area contributed by atoms with E-state index in [1.54, 1.807) is 9.58 Å². The van der Waals surface area contributed by atoms with Gasteiger partial charge in [0.05, 0.1) is 18.7 Å². The van der Waals surface area contributed by atoms with E-state index in [4.69, 9.17) is 4.42 Å². The van der Waals surface area contributed by atoms with Crippen molar-refractivity contribution in [1.29, 1.82) is 0 Å². The Balaban J connectivity index is 1.49. The monoisotopic (exact) mass is 338 g/mol. The van der Waals surface area contributed by atoms with Crippen molar-refractivity contribution < 1.29 is 9.21 Å². The summed E-state index contributed by atoms with van der Waals surface area (Å²) in [5.74, 6) is 1.04. The second kappa shape index (κ2) is 6.37. The third kappa shape index (κ3) is 3.05. The first kappa shape index (κ1) is 15.9. The number of carbonyl (C=O) groups is 1. The minimum absolute atomic E-state index is 0.0708. The van der Waals surface area contributed by atoms with Gasteiger partial charge in [-0.15, -0.1) is 0 Å². The number of rotatable bonds is 4. The number of nitrogens with one attached hydrogen (secondary N) is 1. The molecule has 6 heteroatoms. The molecule has 0 unspecified atom stereocenters. The molecular formula is C19H22N4O2. The van der Waals surface area contributed by atoms with Gasteiger partial charge in [0.2, 0.25) is 5.91 Å². The molecule has 130 valence electrons. The fourth-order valence-corrected chi connectivity index (χ4v) is 3.63. The number of benzene rings is 1. The summed E-state index contributed by atoms with van der Waals surface area (Å²) in [5.41, 5.74) is 1.97. The second-order valence-corrected chi connectivity index (χ2v) is 6.76. The van der Waals surface area contributed by atoms with Crippen LogP contribution in [0.2, 0.25) is 0 Å². The Kier molecular flexibility index (Phi) is 4.05. The van der Waals surface area contributed by atoms with Gasteiger partial charge < -0.3 is 14.6 Å². The number of nitrogens with zero attached hydrogens (tertiary/aromatic N) is 3. The lowest BCUT2D eigenvalue weighted by Crippen LogP contribution is -2.35. The summed E-state index contributed by atoms with van der Waals surface area (Å²) >= 11 is 0. The van der Waals surface area contributed by atoms with Crippen molar-refractivity contribution in [3.05, 3.63) is 54.0 Å². The van der Waals surface area contributed by atoms with Crippen LogP contribution in [0.15, 0.2) is 47.1 Å². The molecule has 1 amide bonds. The van der Waals surface area contributed by atoms with Crippen molar-refractivity contribution in [2.45, 2.75) is 12.5 Å². The number of hydrogen-bond acceptors (Lipinski definition) is 4. The summed E-state index contributed by atoms with van der Waals surface area (Å²) < 4.78 is 7.63. The van der Waals surface area contributed by atoms with Crippen LogP contribution < -0.4 is 5.32 Å². The van der Waals surface area contributed by atoms with Gasteiger partial charge in [-0.2, -0.15) is 5.10 Å². The molecule has 3 aromatic rings. The first-order chi connectivity index (χ1) is 12.1. The van der Waals surface area contributed by atoms with E-state index < -0.39 is 0 Å². The second-order valence-electron chi connectivity index (χ2n) is 6.76. The highest BCUT2D eigenvalue weighted by Crippen LogP contribution is 2.29. The number of carbonyl (C=O) groups excluding carboxylic acids is 1. The predicted octanol–water partition coefficient (Wildman–Crippen LogP) is 2.13. The largest absolute Gasteiger partial charge is 0.459 e. The fourth-order valence-electron chi connectivity index (χ4n) is 3.63. The van der Waals surface area contributed by atoms with Crippen LogP contribution >= 0.6 is 0 Å². The van der Waals surface area contributed by atoms with Gasteiger partial charge in [-0.1, -0.05) is 18.2 Å². The molecule has 1 aliphatic heterocycles. The van der Waals surface area contributed by atoms with Crippen LogP contribution in [0.5, 0.6) is 0 Å². The average molecular weight is 338 g/mol. The van der Waals surface area contributed by atoms with E-state index in [-0.39, 0.29) is 17.7 Å². The zero-order chi connectivity index (χ0) is 17.4. The number of furan rings is 1. The molecule has 0 bridgehead atoms. The summed E-state index contributed by atoms with van der Waals surface area (Å²) in [7, 11) is 3.74.